The van der Waals surface area contributed by atoms with Crippen molar-refractivity contribution in [1.82, 2.24) is 10.6 Å². The van der Waals surface area contributed by atoms with E-state index < -0.39 is 0 Å². The van der Waals surface area contributed by atoms with Crippen LogP contribution in [0.15, 0.2) is 30.8 Å². The smallest absolute Gasteiger partial charge is 0.315 e. The van der Waals surface area contributed by atoms with Gasteiger partial charge in [0, 0.05) is 39.2 Å². The summed E-state index contributed by atoms with van der Waals surface area (Å²) in [6.07, 6.45) is 5.22. The Labute approximate surface area is 143 Å². The van der Waals surface area contributed by atoms with Gasteiger partial charge in [-0.25, -0.2) is 4.79 Å². The Morgan fingerprint density at radius 3 is 2.71 bits per heavy atom. The molecule has 0 saturated carbocycles. The van der Waals surface area contributed by atoms with Gasteiger partial charge in [-0.15, -0.1) is 0 Å². The second-order valence-corrected chi connectivity index (χ2v) is 6.46. The van der Waals surface area contributed by atoms with Gasteiger partial charge in [-0.05, 0) is 24.0 Å². The SMILES string of the molecule is C=Cc1ccc(CCNC(=O)NC2CCOC23CCOCC3)cc1. The van der Waals surface area contributed by atoms with Gasteiger partial charge in [0.25, 0.3) is 0 Å². The third kappa shape index (κ3) is 3.97. The van der Waals surface area contributed by atoms with E-state index >= 15 is 0 Å². The summed E-state index contributed by atoms with van der Waals surface area (Å²) in [6.45, 7) is 6.49. The van der Waals surface area contributed by atoms with E-state index in [-0.39, 0.29) is 17.7 Å². The zero-order valence-electron chi connectivity index (χ0n) is 14.1. The molecule has 5 nitrogen and oxygen atoms in total. The first-order valence-corrected chi connectivity index (χ1v) is 8.69. The van der Waals surface area contributed by atoms with Crippen LogP contribution in [0.4, 0.5) is 4.79 Å². The predicted molar refractivity (Wildman–Crippen MR) is 93.9 cm³/mol. The highest BCUT2D eigenvalue weighted by atomic mass is 16.5. The van der Waals surface area contributed by atoms with E-state index in [1.807, 2.05) is 18.2 Å². The third-order valence-electron chi connectivity index (χ3n) is 4.99. The summed E-state index contributed by atoms with van der Waals surface area (Å²) < 4.78 is 11.4. The molecular formula is C19H26N2O3. The number of rotatable bonds is 5. The zero-order chi connectivity index (χ0) is 16.8. The van der Waals surface area contributed by atoms with Gasteiger partial charge in [0.05, 0.1) is 11.6 Å². The minimum atomic E-state index is -0.226. The summed E-state index contributed by atoms with van der Waals surface area (Å²) in [5.41, 5.74) is 2.08. The number of ether oxygens (including phenoxy) is 2. The molecular weight excluding hydrogens is 304 g/mol. The van der Waals surface area contributed by atoms with Crippen LogP contribution in [0.2, 0.25) is 0 Å². The van der Waals surface area contributed by atoms with Crippen LogP contribution in [0.25, 0.3) is 6.08 Å². The summed E-state index contributed by atoms with van der Waals surface area (Å²) >= 11 is 0. The molecule has 1 aromatic rings. The first-order valence-electron chi connectivity index (χ1n) is 8.69. The second-order valence-electron chi connectivity index (χ2n) is 6.46. The molecule has 2 N–H and O–H groups in total. The molecule has 0 bridgehead atoms. The van der Waals surface area contributed by atoms with Gasteiger partial charge in [0.15, 0.2) is 0 Å². The van der Waals surface area contributed by atoms with Crippen molar-refractivity contribution in [3.05, 3.63) is 42.0 Å². The normalized spacial score (nSPS) is 22.2. The second kappa shape index (κ2) is 7.81. The summed E-state index contributed by atoms with van der Waals surface area (Å²) in [7, 11) is 0. The van der Waals surface area contributed by atoms with Crippen molar-refractivity contribution in [2.45, 2.75) is 37.3 Å². The maximum absolute atomic E-state index is 12.2. The Hall–Kier alpha value is -1.85. The molecule has 2 saturated heterocycles. The summed E-state index contributed by atoms with van der Waals surface area (Å²) in [6, 6.07) is 8.17. The largest absolute Gasteiger partial charge is 0.381 e. The number of benzene rings is 1. The minimum absolute atomic E-state index is 0.0771. The van der Waals surface area contributed by atoms with Crippen LogP contribution in [0.1, 0.15) is 30.4 Å². The molecule has 3 rings (SSSR count). The van der Waals surface area contributed by atoms with Crippen LogP contribution < -0.4 is 10.6 Å². The summed E-state index contributed by atoms with van der Waals surface area (Å²) in [5.74, 6) is 0. The maximum atomic E-state index is 12.2. The lowest BCUT2D eigenvalue weighted by atomic mass is 9.86. The quantitative estimate of drug-likeness (QED) is 0.872. The van der Waals surface area contributed by atoms with E-state index in [4.69, 9.17) is 9.47 Å². The average Bonchev–Trinajstić information content (AvgIpc) is 2.98. The number of hydrogen-bond acceptors (Lipinski definition) is 3. The highest BCUT2D eigenvalue weighted by Crippen LogP contribution is 2.35. The topological polar surface area (TPSA) is 59.6 Å². The fraction of sp³-hybridized carbons (Fsp3) is 0.526. The van der Waals surface area contributed by atoms with E-state index in [0.717, 1.165) is 31.2 Å². The first-order chi connectivity index (χ1) is 11.7. The fourth-order valence-electron chi connectivity index (χ4n) is 3.51. The van der Waals surface area contributed by atoms with Crippen LogP contribution in [0.3, 0.4) is 0 Å². The van der Waals surface area contributed by atoms with Gasteiger partial charge in [-0.1, -0.05) is 36.9 Å². The standard InChI is InChI=1S/C19H26N2O3/c1-2-15-3-5-16(6-4-15)7-11-20-18(22)21-17-8-12-24-19(17)9-13-23-14-10-19/h2-6,17H,1,7-14H2,(H2,20,21,22). The summed E-state index contributed by atoms with van der Waals surface area (Å²) in [4.78, 5) is 12.2. The van der Waals surface area contributed by atoms with Crippen LogP contribution in [0, 0.1) is 0 Å². The number of nitrogens with one attached hydrogen (secondary N) is 2. The number of urea groups is 1. The average molecular weight is 330 g/mol. The van der Waals surface area contributed by atoms with Crippen LogP contribution in [-0.4, -0.2) is 44.0 Å². The molecule has 24 heavy (non-hydrogen) atoms. The van der Waals surface area contributed by atoms with Gasteiger partial charge >= 0.3 is 6.03 Å². The lowest BCUT2D eigenvalue weighted by molar-refractivity contribution is -0.0869. The van der Waals surface area contributed by atoms with Gasteiger partial charge in [-0.2, -0.15) is 0 Å². The van der Waals surface area contributed by atoms with Crippen LogP contribution in [-0.2, 0) is 15.9 Å². The zero-order valence-corrected chi connectivity index (χ0v) is 14.1. The van der Waals surface area contributed by atoms with E-state index in [1.54, 1.807) is 0 Å². The van der Waals surface area contributed by atoms with E-state index in [2.05, 4.69) is 29.3 Å². The molecule has 1 atom stereocenters. The molecule has 2 amide bonds. The van der Waals surface area contributed by atoms with E-state index in [1.165, 1.54) is 5.56 Å². The lowest BCUT2D eigenvalue weighted by Crippen LogP contribution is -2.54. The molecule has 1 aromatic carbocycles. The molecule has 130 valence electrons. The fourth-order valence-corrected chi connectivity index (χ4v) is 3.51. The van der Waals surface area contributed by atoms with Gasteiger partial charge in [0.2, 0.25) is 0 Å². The highest BCUT2D eigenvalue weighted by Gasteiger charge is 2.45. The van der Waals surface area contributed by atoms with Gasteiger partial charge in [-0.3, -0.25) is 0 Å². The third-order valence-corrected chi connectivity index (χ3v) is 4.99. The van der Waals surface area contributed by atoms with E-state index in [0.29, 0.717) is 26.4 Å². The number of carbonyl (C=O) groups is 1. The summed E-state index contributed by atoms with van der Waals surface area (Å²) in [5, 5.41) is 6.05. The lowest BCUT2D eigenvalue weighted by Gasteiger charge is -2.37. The molecule has 0 radical (unpaired) electrons. The Balaban J connectivity index is 1.44. The molecule has 0 aromatic heterocycles. The Bertz CT molecular complexity index is 564. The molecule has 5 heteroatoms. The van der Waals surface area contributed by atoms with Crippen molar-refractivity contribution in [3.63, 3.8) is 0 Å². The van der Waals surface area contributed by atoms with Crippen molar-refractivity contribution in [3.8, 4) is 0 Å². The predicted octanol–water partition coefficient (Wildman–Crippen LogP) is 2.51. The van der Waals surface area contributed by atoms with Crippen molar-refractivity contribution in [2.24, 2.45) is 0 Å². The van der Waals surface area contributed by atoms with Gasteiger partial charge < -0.3 is 20.1 Å². The van der Waals surface area contributed by atoms with Crippen molar-refractivity contribution in [1.29, 1.82) is 0 Å². The Kier molecular flexibility index (Phi) is 5.53. The number of carbonyl (C=O) groups excluding carboxylic acids is 1. The van der Waals surface area contributed by atoms with Crippen LogP contribution in [0.5, 0.6) is 0 Å². The number of hydrogen-bond donors (Lipinski definition) is 2. The van der Waals surface area contributed by atoms with Crippen molar-refractivity contribution < 1.29 is 14.3 Å². The van der Waals surface area contributed by atoms with Gasteiger partial charge in [0.1, 0.15) is 0 Å². The maximum Gasteiger partial charge on any atom is 0.315 e. The molecule has 2 aliphatic heterocycles. The molecule has 0 aliphatic carbocycles. The first kappa shape index (κ1) is 17.0. The van der Waals surface area contributed by atoms with Crippen molar-refractivity contribution >= 4 is 12.1 Å². The van der Waals surface area contributed by atoms with E-state index in [9.17, 15) is 4.79 Å². The molecule has 2 fully saturated rings. The molecule has 1 unspecified atom stereocenters. The highest BCUT2D eigenvalue weighted by molar-refractivity contribution is 5.74. The molecule has 2 heterocycles. The number of amides is 2. The Morgan fingerprint density at radius 1 is 1.25 bits per heavy atom. The molecule has 2 aliphatic rings. The Morgan fingerprint density at radius 2 is 2.00 bits per heavy atom. The van der Waals surface area contributed by atoms with Crippen molar-refractivity contribution in [2.75, 3.05) is 26.4 Å². The molecule has 1 spiro atoms. The minimum Gasteiger partial charge on any atom is -0.381 e. The monoisotopic (exact) mass is 330 g/mol. The van der Waals surface area contributed by atoms with Crippen LogP contribution >= 0.6 is 0 Å².